The Morgan fingerprint density at radius 3 is 2.42 bits per heavy atom. The number of β-amino-alcohol motifs (C(OH)–C–C–N with tert-alkyl or cyclic N) is 1. The van der Waals surface area contributed by atoms with Crippen molar-refractivity contribution in [2.24, 2.45) is 0 Å². The highest BCUT2D eigenvalue weighted by atomic mass is 16.6. The summed E-state index contributed by atoms with van der Waals surface area (Å²) in [7, 11) is 1.20. The molecular weight excluding hydrogens is 254 g/mol. The molecule has 1 aliphatic heterocycles. The maximum atomic E-state index is 12.0. The first-order chi connectivity index (χ1) is 8.62. The predicted octanol–water partition coefficient (Wildman–Crippen LogP) is -0.108. The highest BCUT2D eigenvalue weighted by Gasteiger charge is 2.49. The van der Waals surface area contributed by atoms with Gasteiger partial charge in [0.2, 0.25) is 0 Å². The van der Waals surface area contributed by atoms with E-state index in [1.54, 1.807) is 20.8 Å². The highest BCUT2D eigenvalue weighted by Crippen LogP contribution is 2.29. The average molecular weight is 275 g/mol. The topological polar surface area (TPSA) is 96.3 Å². The normalized spacial score (nSPS) is 27.3. The minimum absolute atomic E-state index is 0.0740. The van der Waals surface area contributed by atoms with Crippen LogP contribution in [0.2, 0.25) is 0 Å². The lowest BCUT2D eigenvalue weighted by Crippen LogP contribution is -2.44. The summed E-state index contributed by atoms with van der Waals surface area (Å²) < 4.78 is 9.77. The SMILES string of the molecule is COC(=O)[C@@H]1C[C@@](O)(CO)CN1C(=O)OC(C)(C)C. The first-order valence-corrected chi connectivity index (χ1v) is 6.02. The van der Waals surface area contributed by atoms with E-state index in [1.165, 1.54) is 7.11 Å². The molecule has 1 amide bonds. The Morgan fingerprint density at radius 2 is 2.00 bits per heavy atom. The Labute approximate surface area is 112 Å². The van der Waals surface area contributed by atoms with Gasteiger partial charge in [-0.15, -0.1) is 0 Å². The first-order valence-electron chi connectivity index (χ1n) is 6.02. The van der Waals surface area contributed by atoms with Gasteiger partial charge in [-0.3, -0.25) is 4.90 Å². The second-order valence-electron chi connectivity index (χ2n) is 5.73. The van der Waals surface area contributed by atoms with Crippen LogP contribution in [0.1, 0.15) is 27.2 Å². The number of carbonyl (C=O) groups is 2. The summed E-state index contributed by atoms with van der Waals surface area (Å²) in [6, 6.07) is -0.947. The third-order valence-corrected chi connectivity index (χ3v) is 2.81. The average Bonchev–Trinajstić information content (AvgIpc) is 2.65. The third-order valence-electron chi connectivity index (χ3n) is 2.81. The fourth-order valence-corrected chi connectivity index (χ4v) is 1.94. The summed E-state index contributed by atoms with van der Waals surface area (Å²) in [6.45, 7) is 4.39. The van der Waals surface area contributed by atoms with Gasteiger partial charge in [0.1, 0.15) is 17.2 Å². The van der Waals surface area contributed by atoms with Gasteiger partial charge in [-0.2, -0.15) is 0 Å². The number of amides is 1. The molecule has 0 aromatic heterocycles. The number of ether oxygens (including phenoxy) is 2. The highest BCUT2D eigenvalue weighted by molar-refractivity contribution is 5.82. The number of aliphatic hydroxyl groups is 2. The molecule has 0 aliphatic carbocycles. The van der Waals surface area contributed by atoms with Gasteiger partial charge in [0.05, 0.1) is 20.3 Å². The van der Waals surface area contributed by atoms with Crippen LogP contribution in [-0.2, 0) is 14.3 Å². The van der Waals surface area contributed by atoms with E-state index >= 15 is 0 Å². The lowest BCUT2D eigenvalue weighted by atomic mass is 10.0. The summed E-state index contributed by atoms with van der Waals surface area (Å²) in [5.74, 6) is -0.643. The molecule has 0 unspecified atom stereocenters. The fraction of sp³-hybridized carbons (Fsp3) is 0.833. The van der Waals surface area contributed by atoms with Crippen molar-refractivity contribution in [3.05, 3.63) is 0 Å². The number of methoxy groups -OCH3 is 1. The summed E-state index contributed by atoms with van der Waals surface area (Å²) >= 11 is 0. The largest absolute Gasteiger partial charge is 0.467 e. The van der Waals surface area contributed by atoms with Crippen molar-refractivity contribution in [1.82, 2.24) is 4.90 Å². The molecule has 0 spiro atoms. The van der Waals surface area contributed by atoms with E-state index < -0.39 is 35.9 Å². The summed E-state index contributed by atoms with van der Waals surface area (Å²) in [5, 5.41) is 19.2. The quantitative estimate of drug-likeness (QED) is 0.683. The number of carbonyl (C=O) groups excluding carboxylic acids is 2. The standard InChI is InChI=1S/C12H21NO6/c1-11(2,3)19-10(16)13-6-12(17,7-14)5-8(13)9(15)18-4/h8,14,17H,5-7H2,1-4H3/t8-,12-/m0/s1. The molecule has 1 rings (SSSR count). The predicted molar refractivity (Wildman–Crippen MR) is 65.4 cm³/mol. The van der Waals surface area contributed by atoms with Crippen molar-refractivity contribution in [1.29, 1.82) is 0 Å². The van der Waals surface area contributed by atoms with E-state index in [0.29, 0.717) is 0 Å². The van der Waals surface area contributed by atoms with Crippen molar-refractivity contribution in [3.63, 3.8) is 0 Å². The first kappa shape index (κ1) is 15.7. The monoisotopic (exact) mass is 275 g/mol. The Balaban J connectivity index is 2.89. The van der Waals surface area contributed by atoms with Gasteiger partial charge < -0.3 is 19.7 Å². The van der Waals surface area contributed by atoms with Crippen molar-refractivity contribution in [2.45, 2.75) is 44.4 Å². The molecule has 1 aliphatic rings. The van der Waals surface area contributed by atoms with Crippen LogP contribution < -0.4 is 0 Å². The minimum atomic E-state index is -1.50. The number of hydrogen-bond acceptors (Lipinski definition) is 6. The number of esters is 1. The van der Waals surface area contributed by atoms with Crippen LogP contribution >= 0.6 is 0 Å². The molecule has 0 saturated carbocycles. The summed E-state index contributed by atoms with van der Waals surface area (Å²) in [4.78, 5) is 24.7. The Morgan fingerprint density at radius 1 is 1.42 bits per heavy atom. The van der Waals surface area contributed by atoms with Crippen molar-refractivity contribution in [3.8, 4) is 0 Å². The van der Waals surface area contributed by atoms with Crippen molar-refractivity contribution in [2.75, 3.05) is 20.3 Å². The van der Waals surface area contributed by atoms with E-state index in [0.717, 1.165) is 4.90 Å². The van der Waals surface area contributed by atoms with Crippen LogP contribution in [0.15, 0.2) is 0 Å². The number of aliphatic hydroxyl groups excluding tert-OH is 1. The Kier molecular flexibility index (Phi) is 4.42. The van der Waals surface area contributed by atoms with Crippen LogP contribution in [0.5, 0.6) is 0 Å². The molecule has 1 fully saturated rings. The van der Waals surface area contributed by atoms with Gasteiger partial charge >= 0.3 is 12.1 Å². The molecule has 1 heterocycles. The van der Waals surface area contributed by atoms with E-state index in [9.17, 15) is 14.7 Å². The van der Waals surface area contributed by atoms with Gasteiger partial charge in [-0.1, -0.05) is 0 Å². The molecule has 7 heteroatoms. The van der Waals surface area contributed by atoms with Gasteiger partial charge in [0, 0.05) is 6.42 Å². The Bertz CT molecular complexity index is 364. The van der Waals surface area contributed by atoms with Crippen LogP contribution in [-0.4, -0.2) is 64.7 Å². The zero-order valence-corrected chi connectivity index (χ0v) is 11.7. The van der Waals surface area contributed by atoms with Gasteiger partial charge in [-0.05, 0) is 20.8 Å². The summed E-state index contributed by atoms with van der Waals surface area (Å²) in [6.07, 6.45) is -0.789. The molecule has 7 nitrogen and oxygen atoms in total. The molecule has 2 atom stereocenters. The third kappa shape index (κ3) is 3.81. The van der Waals surface area contributed by atoms with Crippen molar-refractivity contribution < 1.29 is 29.3 Å². The number of nitrogens with zero attached hydrogens (tertiary/aromatic N) is 1. The fourth-order valence-electron chi connectivity index (χ4n) is 1.94. The van der Waals surface area contributed by atoms with Gasteiger partial charge in [0.15, 0.2) is 0 Å². The lowest BCUT2D eigenvalue weighted by molar-refractivity contribution is -0.145. The molecule has 19 heavy (non-hydrogen) atoms. The molecule has 2 N–H and O–H groups in total. The Hall–Kier alpha value is -1.34. The maximum absolute atomic E-state index is 12.0. The zero-order valence-electron chi connectivity index (χ0n) is 11.7. The molecule has 0 bridgehead atoms. The van der Waals surface area contributed by atoms with Gasteiger partial charge in [0.25, 0.3) is 0 Å². The smallest absolute Gasteiger partial charge is 0.411 e. The summed E-state index contributed by atoms with van der Waals surface area (Å²) in [5.41, 5.74) is -2.21. The molecule has 0 aromatic rings. The lowest BCUT2D eigenvalue weighted by Gasteiger charge is -2.27. The zero-order chi connectivity index (χ0) is 14.8. The molecule has 110 valence electrons. The second-order valence-corrected chi connectivity index (χ2v) is 5.73. The molecular formula is C12H21NO6. The number of rotatable bonds is 2. The van der Waals surface area contributed by atoms with Gasteiger partial charge in [-0.25, -0.2) is 9.59 Å². The van der Waals surface area contributed by atoms with Crippen LogP contribution in [0.4, 0.5) is 4.79 Å². The van der Waals surface area contributed by atoms with E-state index in [-0.39, 0.29) is 13.0 Å². The van der Waals surface area contributed by atoms with Crippen LogP contribution in [0, 0.1) is 0 Å². The maximum Gasteiger partial charge on any atom is 0.411 e. The molecule has 0 radical (unpaired) electrons. The van der Waals surface area contributed by atoms with E-state index in [4.69, 9.17) is 9.84 Å². The van der Waals surface area contributed by atoms with E-state index in [1.807, 2.05) is 0 Å². The van der Waals surface area contributed by atoms with E-state index in [2.05, 4.69) is 4.74 Å². The number of hydrogen-bond donors (Lipinski definition) is 2. The van der Waals surface area contributed by atoms with Crippen molar-refractivity contribution >= 4 is 12.1 Å². The molecule has 1 saturated heterocycles. The number of likely N-dealkylation sites (tertiary alicyclic amines) is 1. The second kappa shape index (κ2) is 5.34. The van der Waals surface area contributed by atoms with Crippen LogP contribution in [0.3, 0.4) is 0 Å². The molecule has 0 aromatic carbocycles. The van der Waals surface area contributed by atoms with Crippen LogP contribution in [0.25, 0.3) is 0 Å². The minimum Gasteiger partial charge on any atom is -0.467 e.